The van der Waals surface area contributed by atoms with Crippen LogP contribution < -0.4 is 5.32 Å². The van der Waals surface area contributed by atoms with Gasteiger partial charge in [-0.2, -0.15) is 0 Å². The number of rotatable bonds is 3. The lowest BCUT2D eigenvalue weighted by Crippen LogP contribution is -2.27. The average Bonchev–Trinajstić information content (AvgIpc) is 2.87. The summed E-state index contributed by atoms with van der Waals surface area (Å²) in [7, 11) is 0. The van der Waals surface area contributed by atoms with E-state index in [4.69, 9.17) is 23.2 Å². The molecule has 0 amide bonds. The molecule has 1 aliphatic carbocycles. The van der Waals surface area contributed by atoms with E-state index in [-0.39, 0.29) is 6.04 Å². The maximum Gasteiger partial charge on any atom is 0.0468 e. The molecular formula is C16H17Cl2NS. The van der Waals surface area contributed by atoms with Crippen LogP contribution in [0.4, 0.5) is 0 Å². The second kappa shape index (κ2) is 6.07. The van der Waals surface area contributed by atoms with E-state index in [9.17, 15) is 0 Å². The summed E-state index contributed by atoms with van der Waals surface area (Å²) in [5.74, 6) is 0. The Labute approximate surface area is 133 Å². The summed E-state index contributed by atoms with van der Waals surface area (Å²) in [6.07, 6.45) is 3.67. The Kier molecular flexibility index (Phi) is 4.37. The summed E-state index contributed by atoms with van der Waals surface area (Å²) in [6, 6.07) is 8.64. The molecule has 1 aromatic heterocycles. The van der Waals surface area contributed by atoms with Gasteiger partial charge in [-0.1, -0.05) is 29.3 Å². The highest BCUT2D eigenvalue weighted by Crippen LogP contribution is 2.35. The lowest BCUT2D eigenvalue weighted by atomic mass is 9.93. The number of halogens is 2. The molecule has 2 aromatic rings. The minimum Gasteiger partial charge on any atom is -0.303 e. The summed E-state index contributed by atoms with van der Waals surface area (Å²) in [5, 5.41) is 7.33. The second-order valence-electron chi connectivity index (χ2n) is 5.30. The first-order valence-electron chi connectivity index (χ1n) is 6.92. The van der Waals surface area contributed by atoms with E-state index >= 15 is 0 Å². The quantitative estimate of drug-likeness (QED) is 0.753. The highest BCUT2D eigenvalue weighted by Gasteiger charge is 2.23. The topological polar surface area (TPSA) is 12.0 Å². The first kappa shape index (κ1) is 14.4. The fraction of sp³-hybridized carbons (Fsp3) is 0.375. The molecule has 0 saturated heterocycles. The predicted octanol–water partition coefficient (Wildman–Crippen LogP) is 5.78. The molecule has 0 aliphatic heterocycles. The lowest BCUT2D eigenvalue weighted by Gasteiger charge is -2.28. The Morgan fingerprint density at radius 2 is 2.15 bits per heavy atom. The SMILES string of the molecule is CC(NC1CCCc2sccc21)c1ccc(Cl)cc1Cl. The van der Waals surface area contributed by atoms with Gasteiger partial charge in [0, 0.05) is 27.0 Å². The minimum atomic E-state index is 0.218. The summed E-state index contributed by atoms with van der Waals surface area (Å²) in [5.41, 5.74) is 2.58. The smallest absolute Gasteiger partial charge is 0.0468 e. The zero-order valence-corrected chi connectivity index (χ0v) is 13.7. The molecule has 0 spiro atoms. The molecular weight excluding hydrogens is 309 g/mol. The Morgan fingerprint density at radius 1 is 1.30 bits per heavy atom. The van der Waals surface area contributed by atoms with Crippen LogP contribution in [0.5, 0.6) is 0 Å². The van der Waals surface area contributed by atoms with Gasteiger partial charge in [0.2, 0.25) is 0 Å². The molecule has 0 bridgehead atoms. The Morgan fingerprint density at radius 3 is 2.95 bits per heavy atom. The van der Waals surface area contributed by atoms with Crippen molar-refractivity contribution >= 4 is 34.5 Å². The molecule has 1 aromatic carbocycles. The van der Waals surface area contributed by atoms with Crippen molar-refractivity contribution in [2.45, 2.75) is 38.3 Å². The van der Waals surface area contributed by atoms with Crippen molar-refractivity contribution in [3.63, 3.8) is 0 Å². The third-order valence-electron chi connectivity index (χ3n) is 3.93. The molecule has 0 saturated carbocycles. The maximum absolute atomic E-state index is 6.30. The zero-order chi connectivity index (χ0) is 14.1. The minimum absolute atomic E-state index is 0.218. The van der Waals surface area contributed by atoms with Crippen molar-refractivity contribution in [1.82, 2.24) is 5.32 Å². The molecule has 1 heterocycles. The lowest BCUT2D eigenvalue weighted by molar-refractivity contribution is 0.418. The molecule has 106 valence electrons. The molecule has 1 N–H and O–H groups in total. The van der Waals surface area contributed by atoms with E-state index in [1.165, 1.54) is 29.7 Å². The van der Waals surface area contributed by atoms with Crippen LogP contribution in [0.3, 0.4) is 0 Å². The third-order valence-corrected chi connectivity index (χ3v) is 5.49. The van der Waals surface area contributed by atoms with Crippen LogP contribution in [0.1, 0.15) is 47.9 Å². The first-order chi connectivity index (χ1) is 9.65. The standard InChI is InChI=1S/C16H17Cl2NS/c1-10(12-6-5-11(17)9-14(12)18)19-15-3-2-4-16-13(15)7-8-20-16/h5-10,15,19H,2-4H2,1H3. The highest BCUT2D eigenvalue weighted by atomic mass is 35.5. The number of hydrogen-bond acceptors (Lipinski definition) is 2. The molecule has 4 heteroatoms. The summed E-state index contributed by atoms with van der Waals surface area (Å²) in [6.45, 7) is 2.16. The average molecular weight is 326 g/mol. The van der Waals surface area contributed by atoms with Crippen LogP contribution in [0.2, 0.25) is 10.0 Å². The van der Waals surface area contributed by atoms with Crippen molar-refractivity contribution in [2.75, 3.05) is 0 Å². The van der Waals surface area contributed by atoms with Gasteiger partial charge in [0.25, 0.3) is 0 Å². The molecule has 3 rings (SSSR count). The van der Waals surface area contributed by atoms with E-state index in [1.54, 1.807) is 0 Å². The van der Waals surface area contributed by atoms with Crippen molar-refractivity contribution < 1.29 is 0 Å². The zero-order valence-electron chi connectivity index (χ0n) is 11.3. The van der Waals surface area contributed by atoms with Crippen LogP contribution in [-0.2, 0) is 6.42 Å². The monoisotopic (exact) mass is 325 g/mol. The Balaban J connectivity index is 1.79. The van der Waals surface area contributed by atoms with Crippen molar-refractivity contribution in [2.24, 2.45) is 0 Å². The number of fused-ring (bicyclic) bond motifs is 1. The summed E-state index contributed by atoms with van der Waals surface area (Å²) < 4.78 is 0. The first-order valence-corrected chi connectivity index (χ1v) is 8.56. The van der Waals surface area contributed by atoms with Crippen LogP contribution in [0.25, 0.3) is 0 Å². The number of hydrogen-bond donors (Lipinski definition) is 1. The van der Waals surface area contributed by atoms with Gasteiger partial charge in [-0.25, -0.2) is 0 Å². The van der Waals surface area contributed by atoms with Crippen LogP contribution in [0.15, 0.2) is 29.6 Å². The fourth-order valence-electron chi connectivity index (χ4n) is 2.90. The van der Waals surface area contributed by atoms with E-state index in [2.05, 4.69) is 23.7 Å². The Hall–Kier alpha value is -0.540. The molecule has 2 unspecified atom stereocenters. The van der Waals surface area contributed by atoms with E-state index in [1.807, 2.05) is 29.5 Å². The van der Waals surface area contributed by atoms with Crippen LogP contribution in [-0.4, -0.2) is 0 Å². The highest BCUT2D eigenvalue weighted by molar-refractivity contribution is 7.10. The van der Waals surface area contributed by atoms with Gasteiger partial charge >= 0.3 is 0 Å². The van der Waals surface area contributed by atoms with Crippen molar-refractivity contribution in [1.29, 1.82) is 0 Å². The normalized spacial score (nSPS) is 19.6. The van der Waals surface area contributed by atoms with E-state index < -0.39 is 0 Å². The van der Waals surface area contributed by atoms with Gasteiger partial charge in [-0.15, -0.1) is 11.3 Å². The van der Waals surface area contributed by atoms with E-state index in [0.29, 0.717) is 11.1 Å². The van der Waals surface area contributed by atoms with Gasteiger partial charge < -0.3 is 5.32 Å². The van der Waals surface area contributed by atoms with Gasteiger partial charge in [0.15, 0.2) is 0 Å². The van der Waals surface area contributed by atoms with Crippen LogP contribution >= 0.6 is 34.5 Å². The number of aryl methyl sites for hydroxylation is 1. The van der Waals surface area contributed by atoms with Gasteiger partial charge in [0.1, 0.15) is 0 Å². The van der Waals surface area contributed by atoms with Gasteiger partial charge in [-0.3, -0.25) is 0 Å². The molecule has 0 radical (unpaired) electrons. The maximum atomic E-state index is 6.30. The van der Waals surface area contributed by atoms with Crippen molar-refractivity contribution in [3.05, 3.63) is 55.7 Å². The molecule has 2 atom stereocenters. The third kappa shape index (κ3) is 2.89. The molecule has 1 aliphatic rings. The predicted molar refractivity (Wildman–Crippen MR) is 88.0 cm³/mol. The van der Waals surface area contributed by atoms with Crippen LogP contribution in [0, 0.1) is 0 Å². The molecule has 1 nitrogen and oxygen atoms in total. The summed E-state index contributed by atoms with van der Waals surface area (Å²) >= 11 is 14.1. The molecule has 20 heavy (non-hydrogen) atoms. The van der Waals surface area contributed by atoms with Gasteiger partial charge in [-0.05, 0) is 60.9 Å². The second-order valence-corrected chi connectivity index (χ2v) is 7.14. The number of benzene rings is 1. The fourth-order valence-corrected chi connectivity index (χ4v) is 4.46. The summed E-state index contributed by atoms with van der Waals surface area (Å²) in [4.78, 5) is 1.53. The number of thiophene rings is 1. The van der Waals surface area contributed by atoms with Crippen molar-refractivity contribution in [3.8, 4) is 0 Å². The largest absolute Gasteiger partial charge is 0.303 e. The van der Waals surface area contributed by atoms with Gasteiger partial charge in [0.05, 0.1) is 0 Å². The Bertz CT molecular complexity index is 608. The number of nitrogens with one attached hydrogen (secondary N) is 1. The molecule has 0 fully saturated rings. The van der Waals surface area contributed by atoms with E-state index in [0.717, 1.165) is 10.6 Å².